The number of unbranched alkanes of at least 4 members (excludes halogenated alkanes) is 3. The van der Waals surface area contributed by atoms with E-state index in [0.717, 1.165) is 45.2 Å². The summed E-state index contributed by atoms with van der Waals surface area (Å²) in [5, 5.41) is 2.43. The van der Waals surface area contributed by atoms with Crippen LogP contribution in [0.25, 0.3) is 10.8 Å². The number of benzene rings is 2. The highest BCUT2D eigenvalue weighted by molar-refractivity contribution is 7.53. The number of hydrogen-bond acceptors (Lipinski definition) is 6. The van der Waals surface area contributed by atoms with Crippen LogP contribution in [0.15, 0.2) is 42.5 Å². The van der Waals surface area contributed by atoms with E-state index in [9.17, 15) is 4.57 Å². The molecule has 2 aromatic carbocycles. The molecule has 0 fully saturated rings. The van der Waals surface area contributed by atoms with Crippen molar-refractivity contribution in [2.75, 3.05) is 52.1 Å². The predicted molar refractivity (Wildman–Crippen MR) is 162 cm³/mol. The maximum absolute atomic E-state index is 13.6. The first kappa shape index (κ1) is 37.8. The van der Waals surface area contributed by atoms with E-state index in [1.54, 1.807) is 0 Å². The summed E-state index contributed by atoms with van der Waals surface area (Å²) >= 11 is 0. The van der Waals surface area contributed by atoms with Gasteiger partial charge in [-0.3, -0.25) is 4.57 Å². The Balaban J connectivity index is 0. The second-order valence-electron chi connectivity index (χ2n) is 8.58. The summed E-state index contributed by atoms with van der Waals surface area (Å²) in [6.07, 6.45) is 7.25. The van der Waals surface area contributed by atoms with Crippen LogP contribution in [-0.4, -0.2) is 57.0 Å². The first-order chi connectivity index (χ1) is 16.1. The maximum Gasteiger partial charge on any atom is 0.331 e. The molecule has 1 atom stereocenters. The maximum atomic E-state index is 13.6. The summed E-state index contributed by atoms with van der Waals surface area (Å²) in [7, 11) is -3.19. The highest BCUT2D eigenvalue weighted by atomic mass is 35.5. The molecule has 0 heterocycles. The summed E-state index contributed by atoms with van der Waals surface area (Å²) in [4.78, 5) is 2.28. The van der Waals surface area contributed by atoms with Crippen LogP contribution in [-0.2, 0) is 20.0 Å². The van der Waals surface area contributed by atoms with E-state index < -0.39 is 7.60 Å². The first-order valence-electron chi connectivity index (χ1n) is 12.6. The summed E-state index contributed by atoms with van der Waals surface area (Å²) in [6.45, 7) is 6.76. The van der Waals surface area contributed by atoms with Gasteiger partial charge in [-0.15, -0.1) is 37.2 Å². The van der Waals surface area contributed by atoms with Crippen LogP contribution in [0.2, 0.25) is 0 Å². The monoisotopic (exact) mass is 585 g/mol. The summed E-state index contributed by atoms with van der Waals surface area (Å²) in [6, 6.07) is 14.6. The standard InChI is InChI=1S/C26H44N3O3P.3ClH/c1-2-3-4-7-21-31-33(30,23-20-29(18-9-16-27)19-10-17-28)32-22-15-25-13-8-12-24-11-5-6-14-26(24)25;;;/h5-6,8,11-14H,2-4,7,9-10,15-23,27-28H2,1H3;3*1H. The van der Waals surface area contributed by atoms with Gasteiger partial charge in [0.15, 0.2) is 0 Å². The zero-order valence-electron chi connectivity index (χ0n) is 21.6. The van der Waals surface area contributed by atoms with Gasteiger partial charge in [-0.2, -0.15) is 0 Å². The van der Waals surface area contributed by atoms with Crippen LogP contribution in [0, 0.1) is 0 Å². The normalized spacial score (nSPS) is 12.4. The molecular formula is C26H47Cl3N3O3P. The molecule has 0 aliphatic carbocycles. The van der Waals surface area contributed by atoms with Gasteiger partial charge in [0, 0.05) is 6.54 Å². The highest BCUT2D eigenvalue weighted by Gasteiger charge is 2.25. The Morgan fingerprint density at radius 3 is 2.08 bits per heavy atom. The molecule has 0 saturated carbocycles. The molecule has 0 radical (unpaired) electrons. The van der Waals surface area contributed by atoms with Crippen molar-refractivity contribution >= 4 is 55.6 Å². The van der Waals surface area contributed by atoms with E-state index in [1.165, 1.54) is 22.8 Å². The molecule has 0 bridgehead atoms. The molecule has 6 nitrogen and oxygen atoms in total. The van der Waals surface area contributed by atoms with Gasteiger partial charge in [0.1, 0.15) is 0 Å². The van der Waals surface area contributed by atoms with Crippen molar-refractivity contribution in [2.24, 2.45) is 11.5 Å². The first-order valence-corrected chi connectivity index (χ1v) is 14.3. The number of nitrogens with zero attached hydrogens (tertiary/aromatic N) is 1. The van der Waals surface area contributed by atoms with Gasteiger partial charge in [-0.1, -0.05) is 68.7 Å². The van der Waals surface area contributed by atoms with Crippen molar-refractivity contribution in [3.8, 4) is 0 Å². The van der Waals surface area contributed by atoms with Crippen molar-refractivity contribution in [3.63, 3.8) is 0 Å². The van der Waals surface area contributed by atoms with Crippen LogP contribution < -0.4 is 11.5 Å². The molecule has 36 heavy (non-hydrogen) atoms. The van der Waals surface area contributed by atoms with Crippen molar-refractivity contribution < 1.29 is 13.6 Å². The van der Waals surface area contributed by atoms with E-state index in [-0.39, 0.29) is 37.2 Å². The Morgan fingerprint density at radius 1 is 0.778 bits per heavy atom. The lowest BCUT2D eigenvalue weighted by Gasteiger charge is -2.25. The number of fused-ring (bicyclic) bond motifs is 1. The highest BCUT2D eigenvalue weighted by Crippen LogP contribution is 2.48. The molecule has 0 aliphatic rings. The molecule has 1 unspecified atom stereocenters. The van der Waals surface area contributed by atoms with Crippen LogP contribution in [0.1, 0.15) is 51.0 Å². The topological polar surface area (TPSA) is 90.8 Å². The molecule has 2 aromatic rings. The molecular weight excluding hydrogens is 540 g/mol. The summed E-state index contributed by atoms with van der Waals surface area (Å²) < 4.78 is 25.6. The fourth-order valence-corrected chi connectivity index (χ4v) is 5.57. The Bertz CT molecular complexity index is 835. The quantitative estimate of drug-likeness (QED) is 0.145. The number of rotatable bonds is 19. The van der Waals surface area contributed by atoms with E-state index in [1.807, 2.05) is 12.1 Å². The minimum absolute atomic E-state index is 0. The number of hydrogen-bond donors (Lipinski definition) is 2. The van der Waals surface area contributed by atoms with Gasteiger partial charge >= 0.3 is 7.60 Å². The Labute approximate surface area is 237 Å². The largest absolute Gasteiger partial charge is 0.331 e. The molecule has 0 saturated heterocycles. The second-order valence-corrected chi connectivity index (χ2v) is 10.8. The summed E-state index contributed by atoms with van der Waals surface area (Å²) in [5.74, 6) is 0. The van der Waals surface area contributed by atoms with E-state index in [0.29, 0.717) is 45.4 Å². The van der Waals surface area contributed by atoms with Crippen LogP contribution in [0.5, 0.6) is 0 Å². The van der Waals surface area contributed by atoms with Crippen LogP contribution in [0.4, 0.5) is 0 Å². The third-order valence-corrected chi connectivity index (χ3v) is 7.77. The lowest BCUT2D eigenvalue weighted by atomic mass is 10.0. The molecule has 0 aliphatic heterocycles. The van der Waals surface area contributed by atoms with Crippen molar-refractivity contribution in [2.45, 2.75) is 51.9 Å². The molecule has 0 aromatic heterocycles. The fourth-order valence-electron chi connectivity index (χ4n) is 3.93. The Hall–Kier alpha value is -0.400. The smallest absolute Gasteiger partial charge is 0.330 e. The molecule has 2 rings (SSSR count). The van der Waals surface area contributed by atoms with E-state index >= 15 is 0 Å². The van der Waals surface area contributed by atoms with Crippen molar-refractivity contribution in [1.29, 1.82) is 0 Å². The van der Waals surface area contributed by atoms with Crippen LogP contribution in [0.3, 0.4) is 0 Å². The third kappa shape index (κ3) is 14.5. The zero-order valence-corrected chi connectivity index (χ0v) is 25.0. The van der Waals surface area contributed by atoms with Gasteiger partial charge in [-0.05, 0) is 68.2 Å². The minimum atomic E-state index is -3.19. The average molecular weight is 587 g/mol. The Kier molecular flexibility index (Phi) is 23.7. The molecule has 0 spiro atoms. The minimum Gasteiger partial charge on any atom is -0.330 e. The van der Waals surface area contributed by atoms with Gasteiger partial charge in [-0.25, -0.2) is 0 Å². The lowest BCUT2D eigenvalue weighted by Crippen LogP contribution is -2.31. The molecule has 4 N–H and O–H groups in total. The van der Waals surface area contributed by atoms with Crippen molar-refractivity contribution in [1.82, 2.24) is 4.90 Å². The van der Waals surface area contributed by atoms with E-state index in [4.69, 9.17) is 20.5 Å². The third-order valence-electron chi connectivity index (χ3n) is 5.87. The SMILES string of the molecule is CCCCCCOP(=O)(CCN(CCCN)CCCN)OCCc1cccc2ccccc12.Cl.Cl.Cl. The van der Waals surface area contributed by atoms with Crippen molar-refractivity contribution in [3.05, 3.63) is 48.0 Å². The molecule has 10 heteroatoms. The zero-order chi connectivity index (χ0) is 23.8. The Morgan fingerprint density at radius 2 is 1.42 bits per heavy atom. The summed E-state index contributed by atoms with van der Waals surface area (Å²) in [5.41, 5.74) is 12.6. The lowest BCUT2D eigenvalue weighted by molar-refractivity contribution is 0.196. The van der Waals surface area contributed by atoms with Gasteiger partial charge in [0.05, 0.1) is 19.4 Å². The van der Waals surface area contributed by atoms with Gasteiger partial charge < -0.3 is 25.4 Å². The second kappa shape index (κ2) is 22.6. The van der Waals surface area contributed by atoms with E-state index in [2.05, 4.69) is 42.2 Å². The van der Waals surface area contributed by atoms with Gasteiger partial charge in [0.25, 0.3) is 0 Å². The average Bonchev–Trinajstić information content (AvgIpc) is 2.84. The number of nitrogens with two attached hydrogens (primary N) is 2. The predicted octanol–water partition coefficient (Wildman–Crippen LogP) is 6.45. The van der Waals surface area contributed by atoms with Crippen LogP contribution >= 0.6 is 44.8 Å². The number of halogens is 3. The molecule has 210 valence electrons. The van der Waals surface area contributed by atoms with Gasteiger partial charge in [0.2, 0.25) is 0 Å². The molecule has 0 amide bonds. The fraction of sp³-hybridized carbons (Fsp3) is 0.615.